The molecule has 1 N–H and O–H groups in total. The second kappa shape index (κ2) is 7.52. The number of anilines is 2. The Morgan fingerprint density at radius 3 is 2.87 bits per heavy atom. The summed E-state index contributed by atoms with van der Waals surface area (Å²) in [5.74, 6) is 1.02. The SMILES string of the molecule is COCCc1nsc(NCc2ccc(N3CCCC3=O)cc2)n1. The van der Waals surface area contributed by atoms with Gasteiger partial charge in [-0.3, -0.25) is 4.79 Å². The third-order valence-corrected chi connectivity index (χ3v) is 4.47. The van der Waals surface area contributed by atoms with Gasteiger partial charge in [0.05, 0.1) is 6.61 Å². The Morgan fingerprint density at radius 1 is 1.35 bits per heavy atom. The second-order valence-electron chi connectivity index (χ2n) is 5.43. The van der Waals surface area contributed by atoms with Crippen molar-refractivity contribution >= 4 is 28.3 Å². The van der Waals surface area contributed by atoms with Crippen LogP contribution in [0.3, 0.4) is 0 Å². The molecule has 6 nitrogen and oxygen atoms in total. The average Bonchev–Trinajstić information content (AvgIpc) is 3.20. The van der Waals surface area contributed by atoms with Gasteiger partial charge in [-0.25, -0.2) is 4.98 Å². The van der Waals surface area contributed by atoms with E-state index in [1.807, 2.05) is 29.2 Å². The number of hydrogen-bond acceptors (Lipinski definition) is 6. The molecule has 0 atom stereocenters. The highest BCUT2D eigenvalue weighted by molar-refractivity contribution is 7.09. The Kier molecular flexibility index (Phi) is 5.19. The van der Waals surface area contributed by atoms with Crippen molar-refractivity contribution in [2.75, 3.05) is 30.5 Å². The third-order valence-electron chi connectivity index (χ3n) is 3.76. The lowest BCUT2D eigenvalue weighted by Gasteiger charge is -2.15. The van der Waals surface area contributed by atoms with E-state index in [-0.39, 0.29) is 5.91 Å². The van der Waals surface area contributed by atoms with E-state index >= 15 is 0 Å². The third kappa shape index (κ3) is 4.05. The zero-order valence-electron chi connectivity index (χ0n) is 13.1. The van der Waals surface area contributed by atoms with E-state index in [4.69, 9.17) is 4.74 Å². The van der Waals surface area contributed by atoms with Crippen molar-refractivity contribution in [3.63, 3.8) is 0 Å². The Labute approximate surface area is 139 Å². The summed E-state index contributed by atoms with van der Waals surface area (Å²) >= 11 is 1.36. The molecule has 1 aliphatic rings. The highest BCUT2D eigenvalue weighted by Gasteiger charge is 2.21. The van der Waals surface area contributed by atoms with Gasteiger partial charge in [-0.15, -0.1) is 0 Å². The van der Waals surface area contributed by atoms with E-state index in [0.717, 1.165) is 41.6 Å². The smallest absolute Gasteiger partial charge is 0.227 e. The Bertz CT molecular complexity index is 656. The highest BCUT2D eigenvalue weighted by Crippen LogP contribution is 2.22. The van der Waals surface area contributed by atoms with E-state index in [1.54, 1.807) is 7.11 Å². The highest BCUT2D eigenvalue weighted by atomic mass is 32.1. The predicted octanol–water partition coefficient (Wildman–Crippen LogP) is 2.47. The summed E-state index contributed by atoms with van der Waals surface area (Å²) < 4.78 is 9.31. The molecule has 1 amide bonds. The zero-order chi connectivity index (χ0) is 16.1. The van der Waals surface area contributed by atoms with Gasteiger partial charge in [0.15, 0.2) is 0 Å². The molecule has 2 aromatic rings. The lowest BCUT2D eigenvalue weighted by Crippen LogP contribution is -2.23. The molecular weight excluding hydrogens is 312 g/mol. The number of amides is 1. The van der Waals surface area contributed by atoms with Gasteiger partial charge in [0.2, 0.25) is 11.0 Å². The van der Waals surface area contributed by atoms with Gasteiger partial charge >= 0.3 is 0 Å². The molecule has 1 fully saturated rings. The van der Waals surface area contributed by atoms with Crippen molar-refractivity contribution in [1.29, 1.82) is 0 Å². The summed E-state index contributed by atoms with van der Waals surface area (Å²) in [6, 6.07) is 8.09. The lowest BCUT2D eigenvalue weighted by molar-refractivity contribution is -0.117. The van der Waals surface area contributed by atoms with Crippen LogP contribution in [-0.2, 0) is 22.5 Å². The van der Waals surface area contributed by atoms with Crippen LogP contribution in [0.1, 0.15) is 24.2 Å². The molecule has 7 heteroatoms. The molecule has 122 valence electrons. The Morgan fingerprint density at radius 2 is 2.17 bits per heavy atom. The van der Waals surface area contributed by atoms with Gasteiger partial charge in [-0.2, -0.15) is 4.37 Å². The number of methoxy groups -OCH3 is 1. The quantitative estimate of drug-likeness (QED) is 0.843. The number of ether oxygens (including phenoxy) is 1. The first-order chi connectivity index (χ1) is 11.3. The molecule has 1 aromatic carbocycles. The normalized spacial score (nSPS) is 14.5. The van der Waals surface area contributed by atoms with E-state index in [2.05, 4.69) is 14.7 Å². The molecular formula is C16H20N4O2S. The van der Waals surface area contributed by atoms with E-state index in [1.165, 1.54) is 11.5 Å². The molecule has 0 unspecified atom stereocenters. The largest absolute Gasteiger partial charge is 0.384 e. The van der Waals surface area contributed by atoms with Crippen molar-refractivity contribution in [3.05, 3.63) is 35.7 Å². The van der Waals surface area contributed by atoms with Crippen molar-refractivity contribution in [3.8, 4) is 0 Å². The first-order valence-corrected chi connectivity index (χ1v) is 8.48. The predicted molar refractivity (Wildman–Crippen MR) is 90.8 cm³/mol. The Balaban J connectivity index is 1.54. The minimum Gasteiger partial charge on any atom is -0.384 e. The summed E-state index contributed by atoms with van der Waals surface area (Å²) in [6.07, 6.45) is 2.34. The molecule has 1 aliphatic heterocycles. The number of aromatic nitrogens is 2. The maximum Gasteiger partial charge on any atom is 0.227 e. The molecule has 0 bridgehead atoms. The molecule has 0 saturated carbocycles. The summed E-state index contributed by atoms with van der Waals surface area (Å²) in [5.41, 5.74) is 2.13. The fourth-order valence-corrected chi connectivity index (χ4v) is 3.12. The summed E-state index contributed by atoms with van der Waals surface area (Å²) in [5, 5.41) is 4.09. The molecule has 2 heterocycles. The van der Waals surface area contributed by atoms with Crippen molar-refractivity contribution in [1.82, 2.24) is 9.36 Å². The molecule has 1 saturated heterocycles. The Hall–Kier alpha value is -1.99. The van der Waals surface area contributed by atoms with E-state index in [9.17, 15) is 4.79 Å². The van der Waals surface area contributed by atoms with Crippen LogP contribution in [0.2, 0.25) is 0 Å². The summed E-state index contributed by atoms with van der Waals surface area (Å²) in [4.78, 5) is 18.0. The van der Waals surface area contributed by atoms with Crippen LogP contribution in [0.5, 0.6) is 0 Å². The van der Waals surface area contributed by atoms with Crippen molar-refractivity contribution in [2.24, 2.45) is 0 Å². The maximum absolute atomic E-state index is 11.7. The standard InChI is InChI=1S/C16H20N4O2S/c1-22-10-8-14-18-16(23-19-14)17-11-12-4-6-13(7-5-12)20-9-2-3-15(20)21/h4-7H,2-3,8-11H2,1H3,(H,17,18,19). The van der Waals surface area contributed by atoms with Gasteiger partial charge in [-0.05, 0) is 24.1 Å². The topological polar surface area (TPSA) is 67.3 Å². The van der Waals surface area contributed by atoms with Crippen LogP contribution in [0.15, 0.2) is 24.3 Å². The van der Waals surface area contributed by atoms with E-state index in [0.29, 0.717) is 19.6 Å². The fourth-order valence-electron chi connectivity index (χ4n) is 2.51. The van der Waals surface area contributed by atoms with Crippen LogP contribution >= 0.6 is 11.5 Å². The number of carbonyl (C=O) groups is 1. The van der Waals surface area contributed by atoms with Crippen LogP contribution < -0.4 is 10.2 Å². The first-order valence-electron chi connectivity index (χ1n) is 7.71. The minimum atomic E-state index is 0.216. The van der Waals surface area contributed by atoms with Crippen molar-refractivity contribution in [2.45, 2.75) is 25.8 Å². The summed E-state index contributed by atoms with van der Waals surface area (Å²) in [6.45, 7) is 2.14. The molecule has 0 radical (unpaired) electrons. The molecule has 0 aliphatic carbocycles. The van der Waals surface area contributed by atoms with Gasteiger partial charge in [-0.1, -0.05) is 12.1 Å². The van der Waals surface area contributed by atoms with Gasteiger partial charge in [0.25, 0.3) is 0 Å². The lowest BCUT2D eigenvalue weighted by atomic mass is 10.2. The number of rotatable bonds is 7. The number of benzene rings is 1. The number of carbonyl (C=O) groups excluding carboxylic acids is 1. The fraction of sp³-hybridized carbons (Fsp3) is 0.438. The molecule has 0 spiro atoms. The van der Waals surface area contributed by atoms with Gasteiger partial charge in [0.1, 0.15) is 5.82 Å². The number of nitrogens with zero attached hydrogens (tertiary/aromatic N) is 3. The monoisotopic (exact) mass is 332 g/mol. The van der Waals surface area contributed by atoms with Gasteiger partial charge < -0.3 is 15.0 Å². The average molecular weight is 332 g/mol. The van der Waals surface area contributed by atoms with E-state index < -0.39 is 0 Å². The minimum absolute atomic E-state index is 0.216. The molecule has 23 heavy (non-hydrogen) atoms. The van der Waals surface area contributed by atoms with Crippen molar-refractivity contribution < 1.29 is 9.53 Å². The number of hydrogen-bond donors (Lipinski definition) is 1. The van der Waals surface area contributed by atoms with Crippen LogP contribution in [-0.4, -0.2) is 35.5 Å². The second-order valence-corrected chi connectivity index (χ2v) is 6.18. The maximum atomic E-state index is 11.7. The first kappa shape index (κ1) is 15.9. The molecule has 1 aromatic heterocycles. The van der Waals surface area contributed by atoms with Crippen LogP contribution in [0.4, 0.5) is 10.8 Å². The molecule has 3 rings (SSSR count). The summed E-state index contributed by atoms with van der Waals surface area (Å²) in [7, 11) is 1.67. The van der Waals surface area contributed by atoms with Gasteiger partial charge in [0, 0.05) is 50.3 Å². The van der Waals surface area contributed by atoms with Crippen LogP contribution in [0, 0.1) is 0 Å². The number of nitrogens with one attached hydrogen (secondary N) is 1. The van der Waals surface area contributed by atoms with Crippen LogP contribution in [0.25, 0.3) is 0 Å². The zero-order valence-corrected chi connectivity index (χ0v) is 13.9.